The van der Waals surface area contributed by atoms with Crippen molar-refractivity contribution in [1.29, 1.82) is 5.26 Å². The minimum Gasteiger partial charge on any atom is -0.382 e. The molecule has 34 heavy (non-hydrogen) atoms. The van der Waals surface area contributed by atoms with E-state index in [1.165, 1.54) is 12.8 Å². The van der Waals surface area contributed by atoms with Crippen molar-refractivity contribution in [3.05, 3.63) is 71.9 Å². The maximum Gasteiger partial charge on any atom is 0.142 e. The van der Waals surface area contributed by atoms with Gasteiger partial charge in [-0.2, -0.15) is 15.5 Å². The summed E-state index contributed by atoms with van der Waals surface area (Å²) in [5, 5.41) is 26.2. The normalized spacial score (nSPS) is 15.5. The fraction of sp³-hybridized carbons (Fsp3) is 0.269. The molecular formula is C26H24N8. The van der Waals surface area contributed by atoms with Gasteiger partial charge in [-0.25, -0.2) is 9.50 Å². The Bertz CT molecular complexity index is 1510. The number of nitriles is 1. The third-order valence-electron chi connectivity index (χ3n) is 6.21. The van der Waals surface area contributed by atoms with Gasteiger partial charge in [0.15, 0.2) is 0 Å². The van der Waals surface area contributed by atoms with Crippen LogP contribution in [0, 0.1) is 11.3 Å². The van der Waals surface area contributed by atoms with Crippen LogP contribution < -0.4 is 5.32 Å². The highest BCUT2D eigenvalue weighted by molar-refractivity contribution is 6.17. The summed E-state index contributed by atoms with van der Waals surface area (Å²) in [6, 6.07) is 14.6. The lowest BCUT2D eigenvalue weighted by molar-refractivity contribution is 0.899. The molecule has 0 unspecified atom stereocenters. The van der Waals surface area contributed by atoms with Crippen molar-refractivity contribution in [2.24, 2.45) is 10.2 Å². The first-order valence-corrected chi connectivity index (χ1v) is 11.6. The highest BCUT2D eigenvalue weighted by atomic mass is 15.3. The van der Waals surface area contributed by atoms with E-state index in [0.717, 1.165) is 45.3 Å². The second-order valence-corrected chi connectivity index (χ2v) is 9.19. The average molecular weight is 449 g/mol. The number of benzene rings is 1. The van der Waals surface area contributed by atoms with Crippen LogP contribution in [0.25, 0.3) is 16.8 Å². The SMILES string of the molecule is CC(C)Nc1cc(-c2ccc3cc(C#N)cnn23)ccc1C1=NN=C(n2cnc(C3CC3)c2)C1. The van der Waals surface area contributed by atoms with Crippen LogP contribution in [0.2, 0.25) is 0 Å². The maximum atomic E-state index is 9.16. The van der Waals surface area contributed by atoms with E-state index in [4.69, 9.17) is 5.26 Å². The summed E-state index contributed by atoms with van der Waals surface area (Å²) < 4.78 is 3.86. The smallest absolute Gasteiger partial charge is 0.142 e. The molecule has 0 saturated heterocycles. The monoisotopic (exact) mass is 448 g/mol. The molecule has 1 saturated carbocycles. The topological polar surface area (TPSA) is 95.7 Å². The van der Waals surface area contributed by atoms with Gasteiger partial charge in [0.25, 0.3) is 0 Å². The van der Waals surface area contributed by atoms with E-state index in [2.05, 4.69) is 69.9 Å². The Morgan fingerprint density at radius 1 is 1.12 bits per heavy atom. The lowest BCUT2D eigenvalue weighted by Crippen LogP contribution is -2.16. The number of hydrogen-bond donors (Lipinski definition) is 1. The molecule has 1 aromatic carbocycles. The molecule has 0 amide bonds. The van der Waals surface area contributed by atoms with Crippen LogP contribution in [0.4, 0.5) is 5.69 Å². The van der Waals surface area contributed by atoms with Crippen LogP contribution in [0.3, 0.4) is 0 Å². The Morgan fingerprint density at radius 2 is 2.00 bits per heavy atom. The summed E-state index contributed by atoms with van der Waals surface area (Å²) in [5.74, 6) is 1.51. The Balaban J connectivity index is 1.31. The summed E-state index contributed by atoms with van der Waals surface area (Å²) >= 11 is 0. The molecule has 1 fully saturated rings. The fourth-order valence-corrected chi connectivity index (χ4v) is 4.36. The van der Waals surface area contributed by atoms with Crippen molar-refractivity contribution < 1.29 is 0 Å². The first kappa shape index (κ1) is 20.4. The summed E-state index contributed by atoms with van der Waals surface area (Å²) in [5.41, 5.74) is 7.57. The predicted molar refractivity (Wildman–Crippen MR) is 132 cm³/mol. The summed E-state index contributed by atoms with van der Waals surface area (Å²) in [6.07, 6.45) is 8.65. The zero-order chi connectivity index (χ0) is 23.2. The molecule has 0 atom stereocenters. The third kappa shape index (κ3) is 3.65. The number of anilines is 1. The fourth-order valence-electron chi connectivity index (χ4n) is 4.36. The molecule has 6 rings (SSSR count). The van der Waals surface area contributed by atoms with Crippen molar-refractivity contribution in [2.75, 3.05) is 5.32 Å². The van der Waals surface area contributed by atoms with Crippen LogP contribution in [0.1, 0.15) is 55.8 Å². The van der Waals surface area contributed by atoms with Gasteiger partial charge in [-0.15, -0.1) is 5.10 Å². The number of nitrogens with zero attached hydrogens (tertiary/aromatic N) is 7. The Labute approximate surface area is 197 Å². The molecule has 0 spiro atoms. The van der Waals surface area contributed by atoms with Crippen LogP contribution in [-0.2, 0) is 0 Å². The lowest BCUT2D eigenvalue weighted by Gasteiger charge is -2.16. The highest BCUT2D eigenvalue weighted by Gasteiger charge is 2.27. The molecule has 0 radical (unpaired) electrons. The summed E-state index contributed by atoms with van der Waals surface area (Å²) in [7, 11) is 0. The van der Waals surface area contributed by atoms with Crippen LogP contribution >= 0.6 is 0 Å². The van der Waals surface area contributed by atoms with Crippen molar-refractivity contribution in [3.8, 4) is 17.3 Å². The zero-order valence-corrected chi connectivity index (χ0v) is 19.1. The van der Waals surface area contributed by atoms with Crippen molar-refractivity contribution >= 4 is 22.8 Å². The zero-order valence-electron chi connectivity index (χ0n) is 19.1. The molecule has 0 bridgehead atoms. The number of imidazole rings is 1. The Morgan fingerprint density at radius 3 is 2.79 bits per heavy atom. The van der Waals surface area contributed by atoms with Gasteiger partial charge in [-0.1, -0.05) is 12.1 Å². The number of fused-ring (bicyclic) bond motifs is 1. The van der Waals surface area contributed by atoms with E-state index in [0.29, 0.717) is 17.9 Å². The molecule has 1 aliphatic heterocycles. The quantitative estimate of drug-likeness (QED) is 0.473. The van der Waals surface area contributed by atoms with Gasteiger partial charge in [0.05, 0.1) is 40.8 Å². The Hall–Kier alpha value is -4.25. The van der Waals surface area contributed by atoms with Crippen LogP contribution in [0.5, 0.6) is 0 Å². The van der Waals surface area contributed by atoms with Gasteiger partial charge in [0, 0.05) is 35.0 Å². The number of hydrogen-bond acceptors (Lipinski definition) is 6. The van der Waals surface area contributed by atoms with Gasteiger partial charge in [0.1, 0.15) is 18.2 Å². The first-order valence-electron chi connectivity index (χ1n) is 11.6. The molecule has 1 N–H and O–H groups in total. The molecule has 2 aliphatic rings. The second kappa shape index (κ2) is 7.96. The summed E-state index contributed by atoms with van der Waals surface area (Å²) in [6.45, 7) is 4.24. The van der Waals surface area contributed by atoms with E-state index < -0.39 is 0 Å². The molecule has 8 nitrogen and oxygen atoms in total. The van der Waals surface area contributed by atoms with Crippen LogP contribution in [-0.4, -0.2) is 36.8 Å². The Kier molecular flexibility index (Phi) is 4.77. The minimum absolute atomic E-state index is 0.256. The number of aromatic nitrogens is 4. The van der Waals surface area contributed by atoms with Crippen LogP contribution in [0.15, 0.2) is 65.3 Å². The molecular weight excluding hydrogens is 424 g/mol. The average Bonchev–Trinajstić information content (AvgIpc) is 3.24. The molecule has 8 heteroatoms. The highest BCUT2D eigenvalue weighted by Crippen LogP contribution is 2.39. The largest absolute Gasteiger partial charge is 0.382 e. The van der Waals surface area contributed by atoms with E-state index in [9.17, 15) is 0 Å². The first-order chi connectivity index (χ1) is 16.6. The maximum absolute atomic E-state index is 9.16. The van der Waals surface area contributed by atoms with E-state index >= 15 is 0 Å². The standard InChI is InChI=1S/C26H24N8/c1-16(2)30-22-10-19(25-8-6-20-9-17(12-27)13-29-34(20)25)5-7-21(22)23-11-26(32-31-23)33-14-24(28-15-33)18-3-4-18/h5-10,13-16,18,30H,3-4,11H2,1-2H3. The second-order valence-electron chi connectivity index (χ2n) is 9.19. The lowest BCUT2D eigenvalue weighted by atomic mass is 10.0. The van der Waals surface area contributed by atoms with Crippen molar-refractivity contribution in [1.82, 2.24) is 19.2 Å². The van der Waals surface area contributed by atoms with Gasteiger partial charge < -0.3 is 5.32 Å². The molecule has 3 aromatic heterocycles. The van der Waals surface area contributed by atoms with Gasteiger partial charge >= 0.3 is 0 Å². The molecule has 168 valence electrons. The van der Waals surface area contributed by atoms with E-state index in [1.807, 2.05) is 33.6 Å². The number of nitrogens with one attached hydrogen (secondary N) is 1. The van der Waals surface area contributed by atoms with Gasteiger partial charge in [-0.05, 0) is 51.0 Å². The van der Waals surface area contributed by atoms with Gasteiger partial charge in [-0.3, -0.25) is 4.57 Å². The number of rotatable bonds is 5. The summed E-state index contributed by atoms with van der Waals surface area (Å²) in [4.78, 5) is 4.55. The van der Waals surface area contributed by atoms with Gasteiger partial charge in [0.2, 0.25) is 0 Å². The van der Waals surface area contributed by atoms with Crippen molar-refractivity contribution in [2.45, 2.75) is 45.1 Å². The molecule has 4 aromatic rings. The van der Waals surface area contributed by atoms with Crippen molar-refractivity contribution in [3.63, 3.8) is 0 Å². The molecule has 1 aliphatic carbocycles. The molecule has 4 heterocycles. The minimum atomic E-state index is 0.256. The van der Waals surface area contributed by atoms with E-state index in [-0.39, 0.29) is 6.04 Å². The third-order valence-corrected chi connectivity index (χ3v) is 6.21. The van der Waals surface area contributed by atoms with E-state index in [1.54, 1.807) is 6.20 Å². The predicted octanol–water partition coefficient (Wildman–Crippen LogP) is 4.82.